The van der Waals surface area contributed by atoms with Crippen LogP contribution in [0.25, 0.3) is 0 Å². The van der Waals surface area contributed by atoms with E-state index in [9.17, 15) is 4.79 Å². The SMILES string of the molecule is CC(C)N(C)C(=O)N1CCC2(CC1)CN(C(C)C)C(C)(C)N2C. The number of hydrogen-bond acceptors (Lipinski definition) is 3. The first-order chi connectivity index (χ1) is 10.5. The van der Waals surface area contributed by atoms with Crippen LogP contribution in [0.1, 0.15) is 54.4 Å². The molecular formula is C18H36N4O. The molecule has 2 fully saturated rings. The van der Waals surface area contributed by atoms with Crippen LogP contribution in [-0.4, -0.2) is 82.6 Å². The number of carbonyl (C=O) groups excluding carboxylic acids is 1. The smallest absolute Gasteiger partial charge is 0.319 e. The second-order valence-corrected chi connectivity index (χ2v) is 8.47. The van der Waals surface area contributed by atoms with Crippen LogP contribution in [0.4, 0.5) is 4.79 Å². The number of nitrogens with zero attached hydrogens (tertiary/aromatic N) is 4. The van der Waals surface area contributed by atoms with Crippen molar-refractivity contribution in [3.05, 3.63) is 0 Å². The Morgan fingerprint density at radius 3 is 2.00 bits per heavy atom. The molecule has 0 radical (unpaired) electrons. The molecule has 1 spiro atoms. The minimum atomic E-state index is 0.0784. The van der Waals surface area contributed by atoms with Gasteiger partial charge in [-0.15, -0.1) is 0 Å². The molecule has 0 aromatic carbocycles. The maximum Gasteiger partial charge on any atom is 0.319 e. The minimum Gasteiger partial charge on any atom is -0.325 e. The summed E-state index contributed by atoms with van der Waals surface area (Å²) in [4.78, 5) is 21.6. The average molecular weight is 325 g/mol. The molecule has 2 saturated heterocycles. The summed E-state index contributed by atoms with van der Waals surface area (Å²) in [5.41, 5.74) is 0.288. The molecule has 0 aromatic heterocycles. The quantitative estimate of drug-likeness (QED) is 0.782. The molecular weight excluding hydrogens is 288 g/mol. The van der Waals surface area contributed by atoms with E-state index in [4.69, 9.17) is 0 Å². The van der Waals surface area contributed by atoms with Gasteiger partial charge in [0.25, 0.3) is 0 Å². The predicted molar refractivity (Wildman–Crippen MR) is 95.5 cm³/mol. The number of rotatable bonds is 2. The summed E-state index contributed by atoms with van der Waals surface area (Å²) in [6.45, 7) is 16.2. The van der Waals surface area contributed by atoms with Crippen molar-refractivity contribution in [3.8, 4) is 0 Å². The fourth-order valence-corrected chi connectivity index (χ4v) is 4.26. The minimum absolute atomic E-state index is 0.0784. The molecule has 0 bridgehead atoms. The molecule has 0 aromatic rings. The Balaban J connectivity index is 2.08. The lowest BCUT2D eigenvalue weighted by Gasteiger charge is -2.46. The van der Waals surface area contributed by atoms with E-state index < -0.39 is 0 Å². The molecule has 5 heteroatoms. The molecule has 23 heavy (non-hydrogen) atoms. The fraction of sp³-hybridized carbons (Fsp3) is 0.944. The molecule has 0 aliphatic carbocycles. The van der Waals surface area contributed by atoms with Gasteiger partial charge in [0.1, 0.15) is 0 Å². The zero-order valence-electron chi connectivity index (χ0n) is 16.4. The summed E-state index contributed by atoms with van der Waals surface area (Å²) in [6, 6.07) is 0.969. The van der Waals surface area contributed by atoms with Crippen molar-refractivity contribution in [2.45, 2.75) is 77.7 Å². The van der Waals surface area contributed by atoms with Crippen LogP contribution in [0.5, 0.6) is 0 Å². The van der Waals surface area contributed by atoms with Gasteiger partial charge in [0.15, 0.2) is 0 Å². The fourth-order valence-electron chi connectivity index (χ4n) is 4.26. The highest BCUT2D eigenvalue weighted by molar-refractivity contribution is 5.74. The summed E-state index contributed by atoms with van der Waals surface area (Å²) < 4.78 is 0. The maximum absolute atomic E-state index is 12.6. The number of piperidine rings is 1. The van der Waals surface area contributed by atoms with Gasteiger partial charge in [0, 0.05) is 44.3 Å². The van der Waals surface area contributed by atoms with Gasteiger partial charge in [0.05, 0.1) is 5.66 Å². The first-order valence-electron chi connectivity index (χ1n) is 9.05. The molecule has 0 unspecified atom stereocenters. The summed E-state index contributed by atoms with van der Waals surface area (Å²) >= 11 is 0. The Morgan fingerprint density at radius 2 is 1.61 bits per heavy atom. The number of urea groups is 1. The summed E-state index contributed by atoms with van der Waals surface area (Å²) in [5, 5.41) is 0. The zero-order valence-corrected chi connectivity index (χ0v) is 16.4. The number of likely N-dealkylation sites (N-methyl/N-ethyl adjacent to an activating group) is 1. The number of carbonyl (C=O) groups is 1. The van der Waals surface area contributed by atoms with Crippen molar-refractivity contribution in [2.75, 3.05) is 33.7 Å². The van der Waals surface area contributed by atoms with Crippen LogP contribution in [-0.2, 0) is 0 Å². The van der Waals surface area contributed by atoms with E-state index in [0.717, 1.165) is 32.5 Å². The third-order valence-electron chi connectivity index (χ3n) is 6.36. The number of hydrogen-bond donors (Lipinski definition) is 0. The molecule has 0 saturated carbocycles. The Labute approximate surface area is 142 Å². The Kier molecular flexibility index (Phi) is 5.03. The molecule has 0 atom stereocenters. The Bertz CT molecular complexity index is 438. The second-order valence-electron chi connectivity index (χ2n) is 8.47. The van der Waals surface area contributed by atoms with Crippen LogP contribution < -0.4 is 0 Å². The highest BCUT2D eigenvalue weighted by atomic mass is 16.2. The lowest BCUT2D eigenvalue weighted by molar-refractivity contribution is 0.00241. The van der Waals surface area contributed by atoms with Crippen LogP contribution in [0.15, 0.2) is 0 Å². The molecule has 2 aliphatic heterocycles. The molecule has 2 heterocycles. The number of amides is 2. The highest BCUT2D eigenvalue weighted by Crippen LogP contribution is 2.43. The lowest BCUT2D eigenvalue weighted by atomic mass is 9.86. The van der Waals surface area contributed by atoms with Crippen LogP contribution >= 0.6 is 0 Å². The van der Waals surface area contributed by atoms with E-state index in [-0.39, 0.29) is 23.3 Å². The van der Waals surface area contributed by atoms with Crippen molar-refractivity contribution >= 4 is 6.03 Å². The first-order valence-corrected chi connectivity index (χ1v) is 9.05. The van der Waals surface area contributed by atoms with E-state index >= 15 is 0 Å². The third kappa shape index (κ3) is 3.10. The molecule has 2 aliphatic rings. The van der Waals surface area contributed by atoms with Crippen molar-refractivity contribution < 1.29 is 4.79 Å². The van der Waals surface area contributed by atoms with E-state index in [0.29, 0.717) is 6.04 Å². The molecule has 134 valence electrons. The second kappa shape index (κ2) is 6.25. The molecule has 0 N–H and O–H groups in total. The van der Waals surface area contributed by atoms with E-state index in [1.165, 1.54) is 0 Å². The Hall–Kier alpha value is -0.810. The monoisotopic (exact) mass is 324 g/mol. The predicted octanol–water partition coefficient (Wildman–Crippen LogP) is 2.67. The van der Waals surface area contributed by atoms with Crippen molar-refractivity contribution in [3.63, 3.8) is 0 Å². The van der Waals surface area contributed by atoms with Crippen molar-refractivity contribution in [1.29, 1.82) is 0 Å². The van der Waals surface area contributed by atoms with Gasteiger partial charge >= 0.3 is 6.03 Å². The van der Waals surface area contributed by atoms with Crippen molar-refractivity contribution in [1.82, 2.24) is 19.6 Å². The van der Waals surface area contributed by atoms with Crippen LogP contribution in [0, 0.1) is 0 Å². The van der Waals surface area contributed by atoms with E-state index in [1.54, 1.807) is 0 Å². The average Bonchev–Trinajstić information content (AvgIpc) is 2.68. The van der Waals surface area contributed by atoms with Gasteiger partial charge in [-0.25, -0.2) is 4.79 Å². The highest BCUT2D eigenvalue weighted by Gasteiger charge is 2.54. The largest absolute Gasteiger partial charge is 0.325 e. The maximum atomic E-state index is 12.6. The third-order valence-corrected chi connectivity index (χ3v) is 6.36. The van der Waals surface area contributed by atoms with Crippen LogP contribution in [0.2, 0.25) is 0 Å². The Morgan fingerprint density at radius 1 is 1.09 bits per heavy atom. The van der Waals surface area contributed by atoms with Gasteiger partial charge < -0.3 is 9.80 Å². The number of likely N-dealkylation sites (tertiary alicyclic amines) is 1. The van der Waals surface area contributed by atoms with Gasteiger partial charge in [-0.05, 0) is 61.4 Å². The van der Waals surface area contributed by atoms with Gasteiger partial charge in [-0.3, -0.25) is 9.80 Å². The van der Waals surface area contributed by atoms with Gasteiger partial charge in [-0.1, -0.05) is 0 Å². The normalized spacial score (nSPS) is 24.9. The summed E-state index contributed by atoms with van der Waals surface area (Å²) in [6.07, 6.45) is 2.13. The van der Waals surface area contributed by atoms with E-state index in [1.807, 2.05) is 16.8 Å². The molecule has 2 amide bonds. The van der Waals surface area contributed by atoms with Gasteiger partial charge in [-0.2, -0.15) is 0 Å². The summed E-state index contributed by atoms with van der Waals surface area (Å²) in [5.74, 6) is 0. The molecule has 5 nitrogen and oxygen atoms in total. The zero-order chi connectivity index (χ0) is 17.6. The van der Waals surface area contributed by atoms with Crippen molar-refractivity contribution in [2.24, 2.45) is 0 Å². The molecule has 2 rings (SSSR count). The topological polar surface area (TPSA) is 30.0 Å². The van der Waals surface area contributed by atoms with Crippen LogP contribution in [0.3, 0.4) is 0 Å². The van der Waals surface area contributed by atoms with Gasteiger partial charge in [0.2, 0.25) is 0 Å². The summed E-state index contributed by atoms with van der Waals surface area (Å²) in [7, 11) is 4.17. The first kappa shape index (κ1) is 18.5. The van der Waals surface area contributed by atoms with E-state index in [2.05, 4.69) is 58.4 Å². The standard InChI is InChI=1S/C18H36N4O/c1-14(2)19(7)16(23)21-11-9-18(10-12-21)13-22(15(3)4)17(5,6)20(18)8/h14-15H,9-13H2,1-8H3. The lowest BCUT2D eigenvalue weighted by Crippen LogP contribution is -2.58.